The summed E-state index contributed by atoms with van der Waals surface area (Å²) in [5.74, 6) is 0. The van der Waals surface area contributed by atoms with Crippen molar-refractivity contribution in [2.24, 2.45) is 12.5 Å². The van der Waals surface area contributed by atoms with E-state index in [1.54, 1.807) is 0 Å². The highest BCUT2D eigenvalue weighted by Crippen LogP contribution is 2.20. The minimum atomic E-state index is -0.268. The number of hydrogen-bond acceptors (Lipinski definition) is 2. The van der Waals surface area contributed by atoms with E-state index in [1.165, 1.54) is 17.0 Å². The summed E-state index contributed by atoms with van der Waals surface area (Å²) in [5, 5.41) is 13.3. The molecular formula is C15H28N2O. The van der Waals surface area contributed by atoms with E-state index in [4.69, 9.17) is 0 Å². The Labute approximate surface area is 111 Å². The molecule has 3 heteroatoms. The molecule has 1 unspecified atom stereocenters. The highest BCUT2D eigenvalue weighted by atomic mass is 16.3. The molecule has 0 aliphatic heterocycles. The van der Waals surface area contributed by atoms with Gasteiger partial charge in [0.25, 0.3) is 0 Å². The number of aliphatic hydroxyl groups is 1. The quantitative estimate of drug-likeness (QED) is 0.845. The van der Waals surface area contributed by atoms with Gasteiger partial charge in [-0.05, 0) is 37.3 Å². The zero-order valence-corrected chi connectivity index (χ0v) is 12.7. The van der Waals surface area contributed by atoms with Crippen molar-refractivity contribution in [1.82, 2.24) is 9.88 Å². The molecule has 2 N–H and O–H groups in total. The average Bonchev–Trinajstić information content (AvgIpc) is 2.44. The van der Waals surface area contributed by atoms with Gasteiger partial charge in [-0.25, -0.2) is 0 Å². The molecule has 0 aromatic carbocycles. The minimum absolute atomic E-state index is 0.181. The van der Waals surface area contributed by atoms with Crippen LogP contribution in [0, 0.1) is 19.3 Å². The predicted octanol–water partition coefficient (Wildman–Crippen LogP) is 2.53. The lowest BCUT2D eigenvalue weighted by molar-refractivity contribution is 0.119. The van der Waals surface area contributed by atoms with Gasteiger partial charge in [0.15, 0.2) is 0 Å². The van der Waals surface area contributed by atoms with Crippen LogP contribution in [0.4, 0.5) is 0 Å². The van der Waals surface area contributed by atoms with Crippen LogP contribution in [0.3, 0.4) is 0 Å². The molecule has 1 aromatic heterocycles. The normalized spacial score (nSPS) is 13.9. The Morgan fingerprint density at radius 1 is 1.33 bits per heavy atom. The van der Waals surface area contributed by atoms with Crippen LogP contribution < -0.4 is 5.32 Å². The van der Waals surface area contributed by atoms with E-state index in [2.05, 4.69) is 57.6 Å². The maximum Gasteiger partial charge on any atom is 0.0669 e. The van der Waals surface area contributed by atoms with E-state index < -0.39 is 0 Å². The molecule has 3 nitrogen and oxygen atoms in total. The van der Waals surface area contributed by atoms with Gasteiger partial charge in [0, 0.05) is 31.5 Å². The van der Waals surface area contributed by atoms with Crippen LogP contribution in [0.15, 0.2) is 6.07 Å². The summed E-state index contributed by atoms with van der Waals surface area (Å²) in [6, 6.07) is 2.21. The van der Waals surface area contributed by atoms with Gasteiger partial charge >= 0.3 is 0 Å². The summed E-state index contributed by atoms with van der Waals surface area (Å²) in [6.45, 7) is 12.2. The fraction of sp³-hybridized carbons (Fsp3) is 0.733. The fourth-order valence-electron chi connectivity index (χ4n) is 2.26. The minimum Gasteiger partial charge on any atom is -0.392 e. The van der Waals surface area contributed by atoms with Gasteiger partial charge in [-0.3, -0.25) is 0 Å². The van der Waals surface area contributed by atoms with Crippen molar-refractivity contribution < 1.29 is 5.11 Å². The molecule has 18 heavy (non-hydrogen) atoms. The second-order valence-corrected chi connectivity index (χ2v) is 6.50. The molecule has 0 aliphatic rings. The fourth-order valence-corrected chi connectivity index (χ4v) is 2.26. The average molecular weight is 252 g/mol. The van der Waals surface area contributed by atoms with Crippen molar-refractivity contribution >= 4 is 0 Å². The topological polar surface area (TPSA) is 37.2 Å². The van der Waals surface area contributed by atoms with Crippen molar-refractivity contribution in [3.63, 3.8) is 0 Å². The Morgan fingerprint density at radius 3 is 2.39 bits per heavy atom. The van der Waals surface area contributed by atoms with Crippen LogP contribution in [0.1, 0.15) is 44.1 Å². The number of rotatable bonds is 5. The van der Waals surface area contributed by atoms with E-state index in [0.29, 0.717) is 6.54 Å². The molecule has 1 rings (SSSR count). The largest absolute Gasteiger partial charge is 0.392 e. The van der Waals surface area contributed by atoms with Gasteiger partial charge in [0.05, 0.1) is 6.10 Å². The number of aryl methyl sites for hydroxylation is 1. The Kier molecular flexibility index (Phi) is 5.00. The van der Waals surface area contributed by atoms with E-state index >= 15 is 0 Å². The molecule has 0 aliphatic carbocycles. The molecule has 1 atom stereocenters. The molecule has 1 aromatic rings. The molecule has 0 saturated carbocycles. The third-order valence-electron chi connectivity index (χ3n) is 3.42. The maximum absolute atomic E-state index is 9.92. The predicted molar refractivity (Wildman–Crippen MR) is 76.7 cm³/mol. The van der Waals surface area contributed by atoms with Crippen molar-refractivity contribution in [2.45, 2.75) is 53.7 Å². The first-order valence-electron chi connectivity index (χ1n) is 6.71. The molecular weight excluding hydrogens is 224 g/mol. The molecule has 0 radical (unpaired) electrons. The second-order valence-electron chi connectivity index (χ2n) is 6.50. The molecule has 0 amide bonds. The van der Waals surface area contributed by atoms with E-state index in [9.17, 15) is 5.11 Å². The lowest BCUT2D eigenvalue weighted by atomic mass is 9.89. The lowest BCUT2D eigenvalue weighted by Crippen LogP contribution is -2.29. The van der Waals surface area contributed by atoms with Crippen molar-refractivity contribution in [3.8, 4) is 0 Å². The monoisotopic (exact) mass is 252 g/mol. The van der Waals surface area contributed by atoms with Crippen LogP contribution >= 0.6 is 0 Å². The number of aromatic nitrogens is 1. The second kappa shape index (κ2) is 5.89. The summed E-state index contributed by atoms with van der Waals surface area (Å²) >= 11 is 0. The Morgan fingerprint density at radius 2 is 1.94 bits per heavy atom. The number of aliphatic hydroxyl groups excluding tert-OH is 1. The third kappa shape index (κ3) is 4.46. The summed E-state index contributed by atoms with van der Waals surface area (Å²) < 4.78 is 2.20. The number of nitrogens with one attached hydrogen (secondary N) is 1. The van der Waals surface area contributed by atoms with Crippen LogP contribution in [0.25, 0.3) is 0 Å². The summed E-state index contributed by atoms with van der Waals surface area (Å²) in [7, 11) is 2.09. The smallest absolute Gasteiger partial charge is 0.0669 e. The summed E-state index contributed by atoms with van der Waals surface area (Å²) in [6.07, 6.45) is 0.558. The van der Waals surface area contributed by atoms with Gasteiger partial charge < -0.3 is 15.0 Å². The first-order valence-corrected chi connectivity index (χ1v) is 6.71. The van der Waals surface area contributed by atoms with Gasteiger partial charge in [-0.15, -0.1) is 0 Å². The zero-order chi connectivity index (χ0) is 13.9. The first kappa shape index (κ1) is 15.3. The molecule has 0 fully saturated rings. The Hall–Kier alpha value is -0.800. The number of nitrogens with zero attached hydrogens (tertiary/aromatic N) is 1. The lowest BCUT2D eigenvalue weighted by Gasteiger charge is -2.22. The Bertz CT molecular complexity index is 388. The Balaban J connectivity index is 2.40. The molecule has 0 bridgehead atoms. The van der Waals surface area contributed by atoms with Crippen LogP contribution in [-0.4, -0.2) is 22.3 Å². The van der Waals surface area contributed by atoms with Crippen LogP contribution in [-0.2, 0) is 13.6 Å². The standard InChI is InChI=1S/C15H28N2O/c1-11-7-13(12(2)17(11)6)9-16-10-14(18)8-15(3,4)5/h7,14,16,18H,8-10H2,1-6H3. The van der Waals surface area contributed by atoms with Crippen molar-refractivity contribution in [3.05, 3.63) is 23.0 Å². The maximum atomic E-state index is 9.92. The van der Waals surface area contributed by atoms with Crippen molar-refractivity contribution in [2.75, 3.05) is 6.54 Å². The van der Waals surface area contributed by atoms with Crippen molar-refractivity contribution in [1.29, 1.82) is 0 Å². The van der Waals surface area contributed by atoms with Gasteiger partial charge in [-0.2, -0.15) is 0 Å². The summed E-state index contributed by atoms with van der Waals surface area (Å²) in [5.41, 5.74) is 4.07. The van der Waals surface area contributed by atoms with E-state index in [-0.39, 0.29) is 11.5 Å². The number of hydrogen-bond donors (Lipinski definition) is 2. The van der Waals surface area contributed by atoms with Crippen LogP contribution in [0.5, 0.6) is 0 Å². The van der Waals surface area contributed by atoms with E-state index in [1.807, 2.05) is 0 Å². The third-order valence-corrected chi connectivity index (χ3v) is 3.42. The molecule has 0 spiro atoms. The van der Waals surface area contributed by atoms with Gasteiger partial charge in [-0.1, -0.05) is 20.8 Å². The first-order chi connectivity index (χ1) is 8.20. The molecule has 0 saturated heterocycles. The molecule has 104 valence electrons. The highest BCUT2D eigenvalue weighted by Gasteiger charge is 2.16. The molecule has 1 heterocycles. The zero-order valence-electron chi connectivity index (χ0n) is 12.7. The SMILES string of the molecule is Cc1cc(CNCC(O)CC(C)(C)C)c(C)n1C. The van der Waals surface area contributed by atoms with E-state index in [0.717, 1.165) is 13.0 Å². The van der Waals surface area contributed by atoms with Gasteiger partial charge in [0.1, 0.15) is 0 Å². The van der Waals surface area contributed by atoms with Gasteiger partial charge in [0.2, 0.25) is 0 Å². The summed E-state index contributed by atoms with van der Waals surface area (Å²) in [4.78, 5) is 0. The highest BCUT2D eigenvalue weighted by molar-refractivity contribution is 5.26. The van der Waals surface area contributed by atoms with Crippen LogP contribution in [0.2, 0.25) is 0 Å².